The van der Waals surface area contributed by atoms with Crippen LogP contribution in [0.2, 0.25) is 0 Å². The van der Waals surface area contributed by atoms with Crippen molar-refractivity contribution in [2.45, 2.75) is 0 Å². The number of carbonyl (C=O) groups excluding carboxylic acids is 1. The molecule has 0 aliphatic rings. The second kappa shape index (κ2) is 7.49. The van der Waals surface area contributed by atoms with E-state index in [9.17, 15) is 9.90 Å². The van der Waals surface area contributed by atoms with Gasteiger partial charge in [0, 0.05) is 0 Å². The van der Waals surface area contributed by atoms with Crippen molar-refractivity contribution in [3.8, 4) is 11.5 Å². The number of hydrogen-bond acceptors (Lipinski definition) is 3. The standard InChI is InChI=1S/C22H18O3/c1-25-22-15-17(9-13-21(22)24)8-12-20(23)11-7-16-6-10-18-4-2-3-5-19(18)14-16/h2-15,24H,1H3/b11-7+,12-8+. The smallest absolute Gasteiger partial charge is 0.178 e. The van der Waals surface area contributed by atoms with Gasteiger partial charge in [0.25, 0.3) is 0 Å². The molecule has 0 spiro atoms. The maximum Gasteiger partial charge on any atom is 0.178 e. The summed E-state index contributed by atoms with van der Waals surface area (Å²) < 4.78 is 5.05. The number of fused-ring (bicyclic) bond motifs is 1. The highest BCUT2D eigenvalue weighted by molar-refractivity contribution is 6.04. The predicted molar refractivity (Wildman–Crippen MR) is 102 cm³/mol. The minimum absolute atomic E-state index is 0.0715. The van der Waals surface area contributed by atoms with E-state index in [0.717, 1.165) is 16.5 Å². The lowest BCUT2D eigenvalue weighted by Crippen LogP contribution is -1.87. The molecule has 3 nitrogen and oxygen atoms in total. The summed E-state index contributed by atoms with van der Waals surface area (Å²) >= 11 is 0. The summed E-state index contributed by atoms with van der Waals surface area (Å²) in [6.07, 6.45) is 6.52. The predicted octanol–water partition coefficient (Wildman–Crippen LogP) is 4.85. The van der Waals surface area contributed by atoms with Gasteiger partial charge in [0.05, 0.1) is 7.11 Å². The number of methoxy groups -OCH3 is 1. The molecule has 0 amide bonds. The Hall–Kier alpha value is -3.33. The number of allylic oxidation sites excluding steroid dienone is 2. The Kier molecular flexibility index (Phi) is 4.95. The fraction of sp³-hybridized carbons (Fsp3) is 0.0455. The number of ketones is 1. The van der Waals surface area contributed by atoms with E-state index < -0.39 is 0 Å². The molecule has 0 bridgehead atoms. The monoisotopic (exact) mass is 330 g/mol. The first-order chi connectivity index (χ1) is 12.2. The van der Waals surface area contributed by atoms with Crippen molar-refractivity contribution in [2.24, 2.45) is 0 Å². The fourth-order valence-electron chi connectivity index (χ4n) is 2.52. The third kappa shape index (κ3) is 4.15. The van der Waals surface area contributed by atoms with E-state index in [1.165, 1.54) is 30.7 Å². The molecule has 3 heteroatoms. The molecule has 0 heterocycles. The minimum Gasteiger partial charge on any atom is -0.504 e. The number of benzene rings is 3. The normalized spacial score (nSPS) is 11.4. The molecular weight excluding hydrogens is 312 g/mol. The molecule has 0 saturated heterocycles. The summed E-state index contributed by atoms with van der Waals surface area (Å²) in [5, 5.41) is 11.9. The van der Waals surface area contributed by atoms with Gasteiger partial charge in [-0.1, -0.05) is 54.6 Å². The van der Waals surface area contributed by atoms with Gasteiger partial charge < -0.3 is 9.84 Å². The van der Waals surface area contributed by atoms with Crippen LogP contribution in [-0.4, -0.2) is 18.0 Å². The summed E-state index contributed by atoms with van der Waals surface area (Å²) in [6, 6.07) is 19.1. The molecule has 124 valence electrons. The van der Waals surface area contributed by atoms with Crippen molar-refractivity contribution in [3.63, 3.8) is 0 Å². The number of ether oxygens (including phenoxy) is 1. The van der Waals surface area contributed by atoms with Crippen LogP contribution in [0.3, 0.4) is 0 Å². The van der Waals surface area contributed by atoms with E-state index in [0.29, 0.717) is 5.75 Å². The molecule has 0 aliphatic carbocycles. The number of phenolic OH excluding ortho intramolecular Hbond substituents is 1. The number of rotatable bonds is 5. The molecule has 0 aliphatic heterocycles. The number of phenols is 1. The lowest BCUT2D eigenvalue weighted by molar-refractivity contribution is -0.110. The Morgan fingerprint density at radius 1 is 0.880 bits per heavy atom. The zero-order valence-corrected chi connectivity index (χ0v) is 13.8. The van der Waals surface area contributed by atoms with Gasteiger partial charge in [0.1, 0.15) is 0 Å². The van der Waals surface area contributed by atoms with Gasteiger partial charge in [-0.2, -0.15) is 0 Å². The molecular formula is C22H18O3. The van der Waals surface area contributed by atoms with Crippen molar-refractivity contribution >= 4 is 28.7 Å². The quantitative estimate of drug-likeness (QED) is 0.680. The lowest BCUT2D eigenvalue weighted by Gasteiger charge is -2.03. The molecule has 3 rings (SSSR count). The van der Waals surface area contributed by atoms with Crippen molar-refractivity contribution in [3.05, 3.63) is 83.9 Å². The molecule has 0 atom stereocenters. The zero-order chi connectivity index (χ0) is 17.6. The Balaban J connectivity index is 1.71. The number of carbonyl (C=O) groups is 1. The van der Waals surface area contributed by atoms with E-state index in [1.54, 1.807) is 24.3 Å². The largest absolute Gasteiger partial charge is 0.504 e. The van der Waals surface area contributed by atoms with Gasteiger partial charge in [0.15, 0.2) is 17.3 Å². The Bertz CT molecular complexity index is 968. The second-order valence-electron chi connectivity index (χ2n) is 5.61. The molecule has 0 unspecified atom stereocenters. The van der Waals surface area contributed by atoms with Gasteiger partial charge >= 0.3 is 0 Å². The van der Waals surface area contributed by atoms with E-state index in [-0.39, 0.29) is 11.5 Å². The van der Waals surface area contributed by atoms with Crippen LogP contribution in [0.25, 0.3) is 22.9 Å². The number of hydrogen-bond donors (Lipinski definition) is 1. The van der Waals surface area contributed by atoms with Crippen LogP contribution in [0, 0.1) is 0 Å². The Morgan fingerprint density at radius 2 is 1.52 bits per heavy atom. The van der Waals surface area contributed by atoms with Crippen molar-refractivity contribution in [1.29, 1.82) is 0 Å². The van der Waals surface area contributed by atoms with Crippen molar-refractivity contribution in [1.82, 2.24) is 0 Å². The van der Waals surface area contributed by atoms with Gasteiger partial charge in [-0.3, -0.25) is 4.79 Å². The summed E-state index contributed by atoms with van der Waals surface area (Å²) in [6.45, 7) is 0. The average Bonchev–Trinajstić information content (AvgIpc) is 2.65. The Morgan fingerprint density at radius 3 is 2.24 bits per heavy atom. The summed E-state index contributed by atoms with van der Waals surface area (Å²) in [7, 11) is 1.49. The average molecular weight is 330 g/mol. The zero-order valence-electron chi connectivity index (χ0n) is 13.8. The van der Waals surface area contributed by atoms with Gasteiger partial charge in [-0.25, -0.2) is 0 Å². The van der Waals surface area contributed by atoms with E-state index >= 15 is 0 Å². The first kappa shape index (κ1) is 16.5. The van der Waals surface area contributed by atoms with E-state index in [4.69, 9.17) is 4.74 Å². The molecule has 1 N–H and O–H groups in total. The minimum atomic E-state index is -0.111. The van der Waals surface area contributed by atoms with Gasteiger partial charge in [-0.15, -0.1) is 0 Å². The van der Waals surface area contributed by atoms with Crippen LogP contribution in [-0.2, 0) is 4.79 Å². The first-order valence-electron chi connectivity index (χ1n) is 7.91. The summed E-state index contributed by atoms with van der Waals surface area (Å²) in [4.78, 5) is 12.0. The maximum atomic E-state index is 12.0. The van der Waals surface area contributed by atoms with Crippen LogP contribution in [0.15, 0.2) is 72.8 Å². The SMILES string of the molecule is COc1cc(/C=C/C(=O)/C=C/c2ccc3ccccc3c2)ccc1O. The number of aromatic hydroxyl groups is 1. The van der Waals surface area contributed by atoms with E-state index in [2.05, 4.69) is 6.07 Å². The van der Waals surface area contributed by atoms with E-state index in [1.807, 2.05) is 36.4 Å². The molecule has 0 saturated carbocycles. The highest BCUT2D eigenvalue weighted by Crippen LogP contribution is 2.26. The lowest BCUT2D eigenvalue weighted by atomic mass is 10.1. The Labute approximate surface area is 146 Å². The first-order valence-corrected chi connectivity index (χ1v) is 7.91. The van der Waals surface area contributed by atoms with Crippen LogP contribution in [0.5, 0.6) is 11.5 Å². The van der Waals surface area contributed by atoms with Crippen molar-refractivity contribution < 1.29 is 14.6 Å². The maximum absolute atomic E-state index is 12.0. The molecule has 0 fully saturated rings. The van der Waals surface area contributed by atoms with Crippen LogP contribution >= 0.6 is 0 Å². The van der Waals surface area contributed by atoms with Crippen LogP contribution in [0.4, 0.5) is 0 Å². The summed E-state index contributed by atoms with van der Waals surface area (Å²) in [5.74, 6) is 0.337. The third-order valence-electron chi connectivity index (χ3n) is 3.86. The molecule has 3 aromatic rings. The third-order valence-corrected chi connectivity index (χ3v) is 3.86. The van der Waals surface area contributed by atoms with Crippen LogP contribution in [0.1, 0.15) is 11.1 Å². The molecule has 0 aromatic heterocycles. The second-order valence-corrected chi connectivity index (χ2v) is 5.61. The topological polar surface area (TPSA) is 46.5 Å². The fourth-order valence-corrected chi connectivity index (χ4v) is 2.52. The summed E-state index contributed by atoms with van der Waals surface area (Å²) in [5.41, 5.74) is 1.76. The highest BCUT2D eigenvalue weighted by atomic mass is 16.5. The molecule has 0 radical (unpaired) electrons. The van der Waals surface area contributed by atoms with Crippen LogP contribution < -0.4 is 4.74 Å². The molecule has 3 aromatic carbocycles. The van der Waals surface area contributed by atoms with Gasteiger partial charge in [-0.05, 0) is 52.3 Å². The molecule has 25 heavy (non-hydrogen) atoms. The van der Waals surface area contributed by atoms with Gasteiger partial charge in [0.2, 0.25) is 0 Å². The van der Waals surface area contributed by atoms with Crippen molar-refractivity contribution in [2.75, 3.05) is 7.11 Å². The highest BCUT2D eigenvalue weighted by Gasteiger charge is 2.00.